The van der Waals surface area contributed by atoms with Crippen LogP contribution in [0.25, 0.3) is 0 Å². The Kier molecular flexibility index (Phi) is 6.57. The van der Waals surface area contributed by atoms with E-state index in [1.807, 2.05) is 50.8 Å². The van der Waals surface area contributed by atoms with Crippen LogP contribution < -0.4 is 21.7 Å². The van der Waals surface area contributed by atoms with Crippen LogP contribution in [0.3, 0.4) is 0 Å². The minimum atomic E-state index is -0.786. The first kappa shape index (κ1) is 24.0. The summed E-state index contributed by atoms with van der Waals surface area (Å²) >= 11 is 0. The Hall–Kier alpha value is -3.69. The fraction of sp³-hybridized carbons (Fsp3) is 0.458. The van der Waals surface area contributed by atoms with Gasteiger partial charge in [0.1, 0.15) is 11.4 Å². The highest BCUT2D eigenvalue weighted by Crippen LogP contribution is 2.33. The number of carbonyl (C=O) groups is 1. The molecule has 1 atom stereocenters. The third-order valence-corrected chi connectivity index (χ3v) is 5.98. The number of benzene rings is 1. The van der Waals surface area contributed by atoms with Crippen molar-refractivity contribution in [3.8, 4) is 12.1 Å². The zero-order valence-corrected chi connectivity index (χ0v) is 19.5. The van der Waals surface area contributed by atoms with Gasteiger partial charge in [0.25, 0.3) is 5.91 Å². The van der Waals surface area contributed by atoms with Gasteiger partial charge in [-0.3, -0.25) is 4.79 Å². The van der Waals surface area contributed by atoms with E-state index in [2.05, 4.69) is 27.4 Å². The molecule has 2 aromatic rings. The number of nitrogens with zero attached hydrogens (tertiary/aromatic N) is 5. The smallest absolute Gasteiger partial charge is 0.254 e. The predicted octanol–water partition coefficient (Wildman–Crippen LogP) is 2.85. The lowest BCUT2D eigenvalue weighted by atomic mass is 9.80. The van der Waals surface area contributed by atoms with E-state index in [9.17, 15) is 15.3 Å². The van der Waals surface area contributed by atoms with Gasteiger partial charge in [-0.1, -0.05) is 6.07 Å². The van der Waals surface area contributed by atoms with E-state index < -0.39 is 16.7 Å². The SMILES string of the molecule is CC(C)(C#N)c1cc(Nc2nc(N3CCCC(N)C3)ncc2C(N)=O)cc(C(C)(C)C#N)c1. The van der Waals surface area contributed by atoms with E-state index in [0.29, 0.717) is 18.2 Å². The van der Waals surface area contributed by atoms with Crippen molar-refractivity contribution in [2.24, 2.45) is 11.5 Å². The number of anilines is 3. The summed E-state index contributed by atoms with van der Waals surface area (Å²) in [6.07, 6.45) is 3.29. The summed E-state index contributed by atoms with van der Waals surface area (Å²) in [7, 11) is 0. The zero-order valence-electron chi connectivity index (χ0n) is 19.5. The maximum atomic E-state index is 12.1. The Morgan fingerprint density at radius 2 is 1.76 bits per heavy atom. The monoisotopic (exact) mass is 446 g/mol. The van der Waals surface area contributed by atoms with E-state index in [1.165, 1.54) is 6.20 Å². The van der Waals surface area contributed by atoms with Crippen LogP contribution in [-0.2, 0) is 10.8 Å². The fourth-order valence-corrected chi connectivity index (χ4v) is 3.68. The van der Waals surface area contributed by atoms with Crippen molar-refractivity contribution < 1.29 is 4.79 Å². The van der Waals surface area contributed by atoms with Crippen LogP contribution in [0.1, 0.15) is 62.0 Å². The molecule has 1 aromatic heterocycles. The molecule has 1 aliphatic heterocycles. The van der Waals surface area contributed by atoms with Crippen molar-refractivity contribution in [2.45, 2.75) is 57.4 Å². The summed E-state index contributed by atoms with van der Waals surface area (Å²) in [5.74, 6) is 0.0634. The van der Waals surface area contributed by atoms with Crippen LogP contribution in [0.5, 0.6) is 0 Å². The number of piperidine rings is 1. The number of primary amides is 1. The molecule has 2 heterocycles. The molecule has 33 heavy (non-hydrogen) atoms. The lowest BCUT2D eigenvalue weighted by molar-refractivity contribution is 0.100. The average Bonchev–Trinajstić information content (AvgIpc) is 2.78. The average molecular weight is 447 g/mol. The van der Waals surface area contributed by atoms with Crippen LogP contribution in [-0.4, -0.2) is 35.0 Å². The van der Waals surface area contributed by atoms with Crippen molar-refractivity contribution in [3.63, 3.8) is 0 Å². The number of nitrogens with one attached hydrogen (secondary N) is 1. The zero-order chi connectivity index (χ0) is 24.4. The van der Waals surface area contributed by atoms with Crippen molar-refractivity contribution in [1.29, 1.82) is 10.5 Å². The third-order valence-electron chi connectivity index (χ3n) is 5.98. The summed E-state index contributed by atoms with van der Waals surface area (Å²) in [6, 6.07) is 10.2. The molecule has 172 valence electrons. The minimum absolute atomic E-state index is 0.0373. The van der Waals surface area contributed by atoms with Gasteiger partial charge < -0.3 is 21.7 Å². The second-order valence-electron chi connectivity index (χ2n) is 9.54. The third kappa shape index (κ3) is 5.21. The maximum absolute atomic E-state index is 12.1. The number of rotatable bonds is 6. The first-order valence-electron chi connectivity index (χ1n) is 10.9. The van der Waals surface area contributed by atoms with Crippen molar-refractivity contribution in [2.75, 3.05) is 23.3 Å². The number of hydrogen-bond donors (Lipinski definition) is 3. The predicted molar refractivity (Wildman–Crippen MR) is 127 cm³/mol. The van der Waals surface area contributed by atoms with Crippen molar-refractivity contribution in [1.82, 2.24) is 9.97 Å². The first-order valence-corrected chi connectivity index (χ1v) is 10.9. The quantitative estimate of drug-likeness (QED) is 0.611. The van der Waals surface area contributed by atoms with Crippen molar-refractivity contribution >= 4 is 23.4 Å². The number of carbonyl (C=O) groups excluding carboxylic acids is 1. The van der Waals surface area contributed by atoms with Gasteiger partial charge in [-0.2, -0.15) is 15.5 Å². The van der Waals surface area contributed by atoms with E-state index in [4.69, 9.17) is 11.5 Å². The van der Waals surface area contributed by atoms with Gasteiger partial charge in [-0.05, 0) is 63.8 Å². The first-order chi connectivity index (χ1) is 15.5. The molecule has 9 heteroatoms. The molecule has 0 radical (unpaired) electrons. The van der Waals surface area contributed by atoms with Crippen LogP contribution in [0.2, 0.25) is 0 Å². The molecule has 0 saturated carbocycles. The fourth-order valence-electron chi connectivity index (χ4n) is 3.68. The summed E-state index contributed by atoms with van der Waals surface area (Å²) in [6.45, 7) is 8.65. The number of amides is 1. The molecule has 1 saturated heterocycles. The van der Waals surface area contributed by atoms with Crippen molar-refractivity contribution in [3.05, 3.63) is 41.1 Å². The topological polar surface area (TPSA) is 158 Å². The molecular weight excluding hydrogens is 416 g/mol. The van der Waals surface area contributed by atoms with Crippen LogP contribution in [0.4, 0.5) is 17.5 Å². The second kappa shape index (κ2) is 9.05. The number of nitriles is 2. The number of aromatic nitrogens is 2. The number of nitrogens with two attached hydrogens (primary N) is 2. The van der Waals surface area contributed by atoms with Crippen LogP contribution in [0.15, 0.2) is 24.4 Å². The Morgan fingerprint density at radius 1 is 1.15 bits per heavy atom. The second-order valence-corrected chi connectivity index (χ2v) is 9.54. The molecule has 1 amide bonds. The molecule has 1 fully saturated rings. The molecule has 0 spiro atoms. The molecular formula is C24H30N8O. The molecule has 1 aromatic carbocycles. The highest BCUT2D eigenvalue weighted by molar-refractivity contribution is 5.98. The van der Waals surface area contributed by atoms with E-state index in [1.54, 1.807) is 0 Å². The lowest BCUT2D eigenvalue weighted by Crippen LogP contribution is -2.43. The normalized spacial score (nSPS) is 16.6. The highest BCUT2D eigenvalue weighted by atomic mass is 16.1. The summed E-state index contributed by atoms with van der Waals surface area (Å²) in [5.41, 5.74) is 12.3. The molecule has 9 nitrogen and oxygen atoms in total. The Bertz CT molecular complexity index is 1100. The summed E-state index contributed by atoms with van der Waals surface area (Å²) < 4.78 is 0. The van der Waals surface area contributed by atoms with Crippen LogP contribution >= 0.6 is 0 Å². The van der Waals surface area contributed by atoms with E-state index in [0.717, 1.165) is 30.5 Å². The minimum Gasteiger partial charge on any atom is -0.365 e. The molecule has 3 rings (SSSR count). The molecule has 1 unspecified atom stereocenters. The number of hydrogen-bond acceptors (Lipinski definition) is 8. The maximum Gasteiger partial charge on any atom is 0.254 e. The van der Waals surface area contributed by atoms with E-state index in [-0.39, 0.29) is 17.4 Å². The summed E-state index contributed by atoms with van der Waals surface area (Å²) in [5, 5.41) is 22.5. The Balaban J connectivity index is 2.09. The standard InChI is InChI=1S/C24H30N8O/c1-23(2,13-25)15-8-16(24(3,4)14-26)10-18(9-15)30-21-19(20(28)33)11-29-22(31-21)32-7-5-6-17(27)12-32/h8-11,17H,5-7,12,27H2,1-4H3,(H2,28,33)(H,29,30,31). The molecule has 5 N–H and O–H groups in total. The lowest BCUT2D eigenvalue weighted by Gasteiger charge is -2.31. The van der Waals surface area contributed by atoms with Gasteiger partial charge in [0.05, 0.1) is 23.0 Å². The molecule has 0 aliphatic carbocycles. The van der Waals surface area contributed by atoms with Gasteiger partial charge in [-0.15, -0.1) is 0 Å². The Morgan fingerprint density at radius 3 is 2.27 bits per heavy atom. The van der Waals surface area contributed by atoms with Gasteiger partial charge in [0.15, 0.2) is 0 Å². The van der Waals surface area contributed by atoms with Gasteiger partial charge in [-0.25, -0.2) is 4.98 Å². The van der Waals surface area contributed by atoms with Gasteiger partial charge in [0, 0.05) is 31.0 Å². The van der Waals surface area contributed by atoms with Gasteiger partial charge in [0.2, 0.25) is 5.95 Å². The van der Waals surface area contributed by atoms with Crippen LogP contribution in [0, 0.1) is 22.7 Å². The van der Waals surface area contributed by atoms with E-state index >= 15 is 0 Å². The summed E-state index contributed by atoms with van der Waals surface area (Å²) in [4.78, 5) is 23.0. The molecule has 0 bridgehead atoms. The Labute approximate surface area is 194 Å². The van der Waals surface area contributed by atoms with Gasteiger partial charge >= 0.3 is 0 Å². The largest absolute Gasteiger partial charge is 0.365 e. The highest BCUT2D eigenvalue weighted by Gasteiger charge is 2.27. The molecule has 1 aliphatic rings.